The lowest BCUT2D eigenvalue weighted by Gasteiger charge is -2.25. The molecule has 156 valence electrons. The monoisotopic (exact) mass is 393 g/mol. The first-order chi connectivity index (χ1) is 12.8. The highest BCUT2D eigenvalue weighted by molar-refractivity contribution is 6.03. The van der Waals surface area contributed by atoms with Crippen molar-refractivity contribution >= 4 is 23.8 Å². The molecule has 8 nitrogen and oxygen atoms in total. The van der Waals surface area contributed by atoms with Crippen molar-refractivity contribution in [3.8, 4) is 0 Å². The second kappa shape index (κ2) is 9.52. The average Bonchev–Trinajstić information content (AvgIpc) is 2.54. The molecule has 8 heteroatoms. The highest BCUT2D eigenvalue weighted by Crippen LogP contribution is 2.20. The smallest absolute Gasteiger partial charge is 0.415 e. The molecule has 2 amide bonds. The topological polar surface area (TPSA) is 97.8 Å². The molecule has 0 aliphatic rings. The number of aromatic nitrogens is 1. The number of ether oxygens (including phenoxy) is 2. The molecule has 0 radical (unpaired) electrons. The van der Waals surface area contributed by atoms with Gasteiger partial charge in [0.25, 0.3) is 0 Å². The summed E-state index contributed by atoms with van der Waals surface area (Å²) in [6.07, 6.45) is 1.02. The molecule has 0 aliphatic heterocycles. The summed E-state index contributed by atoms with van der Waals surface area (Å²) in [6.45, 7) is 10.9. The van der Waals surface area contributed by atoms with Crippen molar-refractivity contribution in [2.24, 2.45) is 0 Å². The van der Waals surface area contributed by atoms with Gasteiger partial charge in [-0.15, -0.1) is 0 Å². The first-order valence-corrected chi connectivity index (χ1v) is 9.22. The van der Waals surface area contributed by atoms with E-state index >= 15 is 0 Å². The number of amides is 2. The van der Waals surface area contributed by atoms with Gasteiger partial charge in [-0.1, -0.05) is 0 Å². The zero-order chi connectivity index (χ0) is 21.5. The summed E-state index contributed by atoms with van der Waals surface area (Å²) in [4.78, 5) is 41.9. The summed E-state index contributed by atoms with van der Waals surface area (Å²) >= 11 is 0. The Morgan fingerprint density at radius 3 is 2.25 bits per heavy atom. The number of ketones is 1. The minimum atomic E-state index is -0.655. The number of anilines is 1. The third-order valence-corrected chi connectivity index (χ3v) is 3.32. The Balaban J connectivity index is 2.67. The van der Waals surface area contributed by atoms with Gasteiger partial charge in [-0.3, -0.25) is 9.69 Å². The summed E-state index contributed by atoms with van der Waals surface area (Å²) in [5, 5.41) is 2.61. The molecular weight excluding hydrogens is 362 g/mol. The van der Waals surface area contributed by atoms with E-state index in [1.54, 1.807) is 53.7 Å². The van der Waals surface area contributed by atoms with Crippen LogP contribution in [-0.4, -0.2) is 47.7 Å². The van der Waals surface area contributed by atoms with Gasteiger partial charge >= 0.3 is 12.2 Å². The van der Waals surface area contributed by atoms with Crippen molar-refractivity contribution in [1.82, 2.24) is 10.3 Å². The maximum absolute atomic E-state index is 12.6. The number of carbonyl (C=O) groups excluding carboxylic acids is 3. The molecule has 0 aromatic carbocycles. The third kappa shape index (κ3) is 8.37. The van der Waals surface area contributed by atoms with Crippen molar-refractivity contribution in [2.75, 3.05) is 18.5 Å². The largest absolute Gasteiger partial charge is 0.444 e. The molecular formula is C20H31N3O5. The number of hydrogen-bond donors (Lipinski definition) is 1. The number of rotatable bonds is 6. The molecule has 28 heavy (non-hydrogen) atoms. The molecule has 1 aromatic rings. The van der Waals surface area contributed by atoms with Gasteiger partial charge in [-0.25, -0.2) is 14.6 Å². The van der Waals surface area contributed by atoms with Gasteiger partial charge in [-0.2, -0.15) is 0 Å². The van der Waals surface area contributed by atoms with Crippen LogP contribution in [0.3, 0.4) is 0 Å². The van der Waals surface area contributed by atoms with E-state index in [1.165, 1.54) is 18.1 Å². The van der Waals surface area contributed by atoms with Gasteiger partial charge in [-0.05, 0) is 60.1 Å². The SMILES string of the molecule is CN(C(=O)OC(C)(C)C)c1ncccc1C(=O)CCCNC(=O)OC(C)(C)C. The number of nitrogens with zero attached hydrogens (tertiary/aromatic N) is 2. The number of alkyl carbamates (subject to hydrolysis) is 1. The Kier molecular flexibility index (Phi) is 7.96. The van der Waals surface area contributed by atoms with Crippen molar-refractivity contribution in [3.05, 3.63) is 23.9 Å². The normalized spacial score (nSPS) is 11.5. The second-order valence-corrected chi connectivity index (χ2v) is 8.37. The number of pyridine rings is 1. The molecule has 1 rings (SSSR count). The summed E-state index contributed by atoms with van der Waals surface area (Å²) in [5.41, 5.74) is -0.901. The van der Waals surface area contributed by atoms with Gasteiger partial charge in [0, 0.05) is 26.2 Å². The fraction of sp³-hybridized carbons (Fsp3) is 0.600. The van der Waals surface area contributed by atoms with E-state index in [2.05, 4.69) is 10.3 Å². The Morgan fingerprint density at radius 2 is 1.68 bits per heavy atom. The average molecular weight is 393 g/mol. The van der Waals surface area contributed by atoms with Gasteiger partial charge in [0.1, 0.15) is 17.0 Å². The molecule has 1 heterocycles. The highest BCUT2D eigenvalue weighted by Gasteiger charge is 2.24. The van der Waals surface area contributed by atoms with Gasteiger partial charge in [0.15, 0.2) is 5.78 Å². The lowest BCUT2D eigenvalue weighted by Crippen LogP contribution is -2.35. The van der Waals surface area contributed by atoms with Crippen molar-refractivity contribution < 1.29 is 23.9 Å². The first-order valence-electron chi connectivity index (χ1n) is 9.22. The highest BCUT2D eigenvalue weighted by atomic mass is 16.6. The number of nitrogens with one attached hydrogen (secondary N) is 1. The van der Waals surface area contributed by atoms with Crippen LogP contribution in [0, 0.1) is 0 Å². The summed E-state index contributed by atoms with van der Waals surface area (Å²) < 4.78 is 10.5. The first kappa shape index (κ1) is 23.4. The standard InChI is InChI=1S/C20H31N3O5/c1-19(2,3)27-17(25)22-13-9-11-15(24)14-10-8-12-21-16(14)23(7)18(26)28-20(4,5)6/h8,10,12H,9,11,13H2,1-7H3,(H,22,25). The molecule has 0 bridgehead atoms. The lowest BCUT2D eigenvalue weighted by molar-refractivity contribution is 0.0523. The van der Waals surface area contributed by atoms with E-state index in [1.807, 2.05) is 0 Å². The molecule has 0 atom stereocenters. The lowest BCUT2D eigenvalue weighted by atomic mass is 10.1. The number of carbonyl (C=O) groups is 3. The molecule has 0 aliphatic carbocycles. The predicted molar refractivity (Wildman–Crippen MR) is 107 cm³/mol. The van der Waals surface area contributed by atoms with Gasteiger partial charge in [0.2, 0.25) is 0 Å². The minimum Gasteiger partial charge on any atom is -0.444 e. The fourth-order valence-corrected chi connectivity index (χ4v) is 2.19. The van der Waals surface area contributed by atoms with E-state index in [4.69, 9.17) is 9.47 Å². The maximum atomic E-state index is 12.6. The van der Waals surface area contributed by atoms with Crippen LogP contribution >= 0.6 is 0 Å². The predicted octanol–water partition coefficient (Wildman–Crippen LogP) is 3.94. The van der Waals surface area contributed by atoms with E-state index in [0.29, 0.717) is 18.5 Å². The van der Waals surface area contributed by atoms with Crippen LogP contribution in [-0.2, 0) is 9.47 Å². The van der Waals surface area contributed by atoms with E-state index < -0.39 is 23.4 Å². The van der Waals surface area contributed by atoms with Crippen molar-refractivity contribution in [2.45, 2.75) is 65.6 Å². The van der Waals surface area contributed by atoms with Crippen molar-refractivity contribution in [3.63, 3.8) is 0 Å². The molecule has 0 fully saturated rings. The Labute approximate surface area is 166 Å². The van der Waals surface area contributed by atoms with Crippen LogP contribution in [0.4, 0.5) is 15.4 Å². The Bertz CT molecular complexity index is 705. The summed E-state index contributed by atoms with van der Waals surface area (Å²) in [6, 6.07) is 3.26. The number of hydrogen-bond acceptors (Lipinski definition) is 6. The maximum Gasteiger partial charge on any atom is 0.415 e. The molecule has 0 unspecified atom stereocenters. The fourth-order valence-electron chi connectivity index (χ4n) is 2.19. The van der Waals surface area contributed by atoms with Crippen LogP contribution in [0.5, 0.6) is 0 Å². The molecule has 0 saturated heterocycles. The zero-order valence-corrected chi connectivity index (χ0v) is 17.8. The van der Waals surface area contributed by atoms with Crippen LogP contribution in [0.1, 0.15) is 64.7 Å². The summed E-state index contributed by atoms with van der Waals surface area (Å²) in [5.74, 6) is 0.0614. The Morgan fingerprint density at radius 1 is 1.07 bits per heavy atom. The third-order valence-electron chi connectivity index (χ3n) is 3.32. The summed E-state index contributed by atoms with van der Waals surface area (Å²) in [7, 11) is 1.51. The van der Waals surface area contributed by atoms with E-state index in [0.717, 1.165) is 0 Å². The zero-order valence-electron chi connectivity index (χ0n) is 17.8. The van der Waals surface area contributed by atoms with Crippen LogP contribution in [0.15, 0.2) is 18.3 Å². The quantitative estimate of drug-likeness (QED) is 0.581. The van der Waals surface area contributed by atoms with Gasteiger partial charge in [0.05, 0.1) is 5.56 Å². The van der Waals surface area contributed by atoms with Crippen LogP contribution in [0.2, 0.25) is 0 Å². The van der Waals surface area contributed by atoms with E-state index in [9.17, 15) is 14.4 Å². The molecule has 0 spiro atoms. The Hall–Kier alpha value is -2.64. The van der Waals surface area contributed by atoms with Crippen LogP contribution in [0.25, 0.3) is 0 Å². The number of Topliss-reactive ketones (excluding diaryl/α,β-unsaturated/α-hetero) is 1. The van der Waals surface area contributed by atoms with Crippen LogP contribution < -0.4 is 10.2 Å². The molecule has 1 N–H and O–H groups in total. The second-order valence-electron chi connectivity index (χ2n) is 8.37. The minimum absolute atomic E-state index is 0.176. The molecule has 0 saturated carbocycles. The molecule has 1 aromatic heterocycles. The van der Waals surface area contributed by atoms with Crippen molar-refractivity contribution in [1.29, 1.82) is 0 Å². The van der Waals surface area contributed by atoms with E-state index in [-0.39, 0.29) is 18.0 Å². The van der Waals surface area contributed by atoms with Gasteiger partial charge < -0.3 is 14.8 Å².